The van der Waals surface area contributed by atoms with E-state index in [0.29, 0.717) is 25.7 Å². The number of aliphatic hydroxyl groups is 1. The second-order valence-corrected chi connectivity index (χ2v) is 9.53. The van der Waals surface area contributed by atoms with Gasteiger partial charge in [-0.3, -0.25) is 4.98 Å². The molecule has 0 spiro atoms. The van der Waals surface area contributed by atoms with Crippen LogP contribution in [0.15, 0.2) is 48.7 Å². The molecular formula is C28H35N3O4. The standard InChI is InChI=1S/C28H35N3O4/c1-33-22-6-7-25-24(15-22)23(9-10-30-25)26(32)19-31-11-2-4-21(18-31)17-29-16-20-5-8-27-28(14-20)35-13-3-12-34-27/h5-10,14-15,21,26,29,32H,2-4,11-13,16-19H2,1H3/t21-,26?/m0/s1. The maximum Gasteiger partial charge on any atom is 0.161 e. The van der Waals surface area contributed by atoms with Crippen molar-refractivity contribution in [3.63, 3.8) is 0 Å². The number of hydrogen-bond donors (Lipinski definition) is 2. The van der Waals surface area contributed by atoms with Crippen LogP contribution in [0, 0.1) is 5.92 Å². The monoisotopic (exact) mass is 477 g/mol. The smallest absolute Gasteiger partial charge is 0.161 e. The average molecular weight is 478 g/mol. The van der Waals surface area contributed by atoms with E-state index in [0.717, 1.165) is 72.7 Å². The highest BCUT2D eigenvalue weighted by molar-refractivity contribution is 5.83. The van der Waals surface area contributed by atoms with E-state index in [4.69, 9.17) is 14.2 Å². The zero-order chi connectivity index (χ0) is 24.0. The predicted molar refractivity (Wildman–Crippen MR) is 136 cm³/mol. The summed E-state index contributed by atoms with van der Waals surface area (Å²) in [5.41, 5.74) is 2.98. The number of hydrogen-bond acceptors (Lipinski definition) is 7. The first-order valence-electron chi connectivity index (χ1n) is 12.6. The fourth-order valence-electron chi connectivity index (χ4n) is 5.13. The summed E-state index contributed by atoms with van der Waals surface area (Å²) in [5, 5.41) is 15.7. The summed E-state index contributed by atoms with van der Waals surface area (Å²) in [4.78, 5) is 6.83. The highest BCUT2D eigenvalue weighted by Crippen LogP contribution is 2.31. The fourth-order valence-corrected chi connectivity index (χ4v) is 5.13. The van der Waals surface area contributed by atoms with Gasteiger partial charge in [0.15, 0.2) is 11.5 Å². The summed E-state index contributed by atoms with van der Waals surface area (Å²) in [6.45, 7) is 5.80. The van der Waals surface area contributed by atoms with E-state index in [9.17, 15) is 5.11 Å². The molecule has 0 amide bonds. The van der Waals surface area contributed by atoms with Gasteiger partial charge in [0.25, 0.3) is 0 Å². The van der Waals surface area contributed by atoms with Crippen molar-refractivity contribution in [2.75, 3.05) is 46.5 Å². The number of aromatic nitrogens is 1. The number of ether oxygens (including phenoxy) is 3. The Bertz CT molecular complexity index is 1140. The Kier molecular flexibility index (Phi) is 7.66. The molecule has 35 heavy (non-hydrogen) atoms. The molecule has 0 aliphatic carbocycles. The Balaban J connectivity index is 1.15. The quantitative estimate of drug-likeness (QED) is 0.509. The first-order chi connectivity index (χ1) is 17.2. The third-order valence-electron chi connectivity index (χ3n) is 6.95. The van der Waals surface area contributed by atoms with Gasteiger partial charge in [0.1, 0.15) is 5.75 Å². The van der Waals surface area contributed by atoms with Gasteiger partial charge >= 0.3 is 0 Å². The molecule has 2 aliphatic rings. The lowest BCUT2D eigenvalue weighted by atomic mass is 9.96. The van der Waals surface area contributed by atoms with Crippen LogP contribution < -0.4 is 19.5 Å². The molecule has 0 radical (unpaired) electrons. The summed E-state index contributed by atoms with van der Waals surface area (Å²) in [5.74, 6) is 3.02. The van der Waals surface area contributed by atoms with E-state index in [1.54, 1.807) is 13.3 Å². The minimum absolute atomic E-state index is 0.561. The van der Waals surface area contributed by atoms with Crippen LogP contribution in [-0.4, -0.2) is 61.5 Å². The maximum absolute atomic E-state index is 11.1. The van der Waals surface area contributed by atoms with Gasteiger partial charge in [-0.05, 0) is 79.4 Å². The fraction of sp³-hybridized carbons (Fsp3) is 0.464. The number of likely N-dealkylation sites (tertiary alicyclic amines) is 1. The number of benzene rings is 2. The lowest BCUT2D eigenvalue weighted by Crippen LogP contribution is -2.41. The second kappa shape index (κ2) is 11.2. The van der Waals surface area contributed by atoms with Crippen LogP contribution in [0.4, 0.5) is 0 Å². The van der Waals surface area contributed by atoms with Gasteiger partial charge in [-0.2, -0.15) is 0 Å². The van der Waals surface area contributed by atoms with Crippen molar-refractivity contribution in [2.45, 2.75) is 31.9 Å². The van der Waals surface area contributed by atoms with Crippen LogP contribution in [0.25, 0.3) is 10.9 Å². The van der Waals surface area contributed by atoms with Gasteiger partial charge in [-0.25, -0.2) is 0 Å². The summed E-state index contributed by atoms with van der Waals surface area (Å²) in [6, 6.07) is 13.9. The molecule has 1 aromatic heterocycles. The Morgan fingerprint density at radius 1 is 1.11 bits per heavy atom. The maximum atomic E-state index is 11.1. The van der Waals surface area contributed by atoms with Gasteiger partial charge in [0.05, 0.1) is 31.9 Å². The lowest BCUT2D eigenvalue weighted by molar-refractivity contribution is 0.0849. The molecule has 5 rings (SSSR count). The van der Waals surface area contributed by atoms with Crippen LogP contribution in [0.2, 0.25) is 0 Å². The number of nitrogens with zero attached hydrogens (tertiary/aromatic N) is 2. The summed E-state index contributed by atoms with van der Waals surface area (Å²) in [7, 11) is 1.66. The van der Waals surface area contributed by atoms with Gasteiger partial charge in [-0.1, -0.05) is 6.07 Å². The first kappa shape index (κ1) is 23.9. The lowest BCUT2D eigenvalue weighted by Gasteiger charge is -2.34. The predicted octanol–water partition coefficient (Wildman–Crippen LogP) is 3.94. The molecular weight excluding hydrogens is 442 g/mol. The van der Waals surface area contributed by atoms with Crippen molar-refractivity contribution in [1.82, 2.24) is 15.2 Å². The zero-order valence-corrected chi connectivity index (χ0v) is 20.4. The normalized spacial score (nSPS) is 19.3. The number of nitrogens with one attached hydrogen (secondary N) is 1. The molecule has 2 atom stereocenters. The molecule has 7 nitrogen and oxygen atoms in total. The Morgan fingerprint density at radius 3 is 2.89 bits per heavy atom. The van der Waals surface area contributed by atoms with E-state index in [1.165, 1.54) is 12.0 Å². The van der Waals surface area contributed by atoms with E-state index in [2.05, 4.69) is 27.3 Å². The van der Waals surface area contributed by atoms with Crippen LogP contribution in [0.3, 0.4) is 0 Å². The molecule has 1 fully saturated rings. The van der Waals surface area contributed by atoms with Crippen molar-refractivity contribution in [1.29, 1.82) is 0 Å². The summed E-state index contributed by atoms with van der Waals surface area (Å²) < 4.78 is 16.9. The van der Waals surface area contributed by atoms with Crippen LogP contribution in [-0.2, 0) is 6.54 Å². The Hall–Kier alpha value is -2.87. The van der Waals surface area contributed by atoms with E-state index in [1.807, 2.05) is 30.3 Å². The number of piperidine rings is 1. The molecule has 0 saturated carbocycles. The number of pyridine rings is 1. The molecule has 186 valence electrons. The SMILES string of the molecule is COc1ccc2nccc(C(O)CN3CCC[C@@H](CNCc4ccc5c(c4)OCCCO5)C3)c2c1. The van der Waals surface area contributed by atoms with Crippen LogP contribution >= 0.6 is 0 Å². The van der Waals surface area contributed by atoms with E-state index in [-0.39, 0.29) is 0 Å². The first-order valence-corrected chi connectivity index (χ1v) is 12.6. The highest BCUT2D eigenvalue weighted by atomic mass is 16.5. The number of methoxy groups -OCH3 is 1. The Morgan fingerprint density at radius 2 is 2.00 bits per heavy atom. The van der Waals surface area contributed by atoms with E-state index >= 15 is 0 Å². The van der Waals surface area contributed by atoms with Crippen LogP contribution in [0.5, 0.6) is 17.2 Å². The number of fused-ring (bicyclic) bond motifs is 2. The van der Waals surface area contributed by atoms with Gasteiger partial charge in [-0.15, -0.1) is 0 Å². The highest BCUT2D eigenvalue weighted by Gasteiger charge is 2.23. The molecule has 0 bridgehead atoms. The molecule has 1 saturated heterocycles. The Labute approximate surface area is 207 Å². The molecule has 2 aliphatic heterocycles. The number of rotatable bonds is 8. The van der Waals surface area contributed by atoms with Crippen LogP contribution in [0.1, 0.15) is 36.5 Å². The topological polar surface area (TPSA) is 76.1 Å². The van der Waals surface area contributed by atoms with Gasteiger partial charge in [0, 0.05) is 37.6 Å². The van der Waals surface area contributed by atoms with Crippen molar-refractivity contribution in [3.05, 3.63) is 59.8 Å². The van der Waals surface area contributed by atoms with Gasteiger partial charge in [0.2, 0.25) is 0 Å². The number of aliphatic hydroxyl groups excluding tert-OH is 1. The summed E-state index contributed by atoms with van der Waals surface area (Å²) >= 11 is 0. The molecule has 3 heterocycles. The molecule has 2 aromatic carbocycles. The third kappa shape index (κ3) is 5.86. The molecule has 7 heteroatoms. The minimum atomic E-state index is -0.568. The zero-order valence-electron chi connectivity index (χ0n) is 20.4. The minimum Gasteiger partial charge on any atom is -0.497 e. The largest absolute Gasteiger partial charge is 0.497 e. The van der Waals surface area contributed by atoms with Crippen molar-refractivity contribution in [2.24, 2.45) is 5.92 Å². The summed E-state index contributed by atoms with van der Waals surface area (Å²) in [6.07, 6.45) is 4.47. The van der Waals surface area contributed by atoms with Crippen molar-refractivity contribution in [3.8, 4) is 17.2 Å². The van der Waals surface area contributed by atoms with Crippen molar-refractivity contribution >= 4 is 10.9 Å². The van der Waals surface area contributed by atoms with Gasteiger partial charge < -0.3 is 29.5 Å². The molecule has 1 unspecified atom stereocenters. The molecule has 3 aromatic rings. The van der Waals surface area contributed by atoms with E-state index < -0.39 is 6.10 Å². The molecule has 2 N–H and O–H groups in total. The third-order valence-corrected chi connectivity index (χ3v) is 6.95. The van der Waals surface area contributed by atoms with Crippen molar-refractivity contribution < 1.29 is 19.3 Å². The number of β-amino-alcohol motifs (C(OH)–C–C–N with tert-alkyl or cyclic N) is 1. The average Bonchev–Trinajstić information content (AvgIpc) is 3.13. The second-order valence-electron chi connectivity index (χ2n) is 9.53.